The average molecular weight is 243 g/mol. The van der Waals surface area contributed by atoms with Crippen molar-refractivity contribution >= 4 is 36.7 Å². The van der Waals surface area contributed by atoms with Gasteiger partial charge in [-0.2, -0.15) is 0 Å². The molecule has 14 heavy (non-hydrogen) atoms. The second kappa shape index (κ2) is 6.47. The number of imidazole rings is 1. The van der Waals surface area contributed by atoms with E-state index in [0.717, 1.165) is 0 Å². The second-order valence-electron chi connectivity index (χ2n) is 2.44. The Hall–Kier alpha value is -0.980. The van der Waals surface area contributed by atoms with E-state index in [-0.39, 0.29) is 37.2 Å². The number of hydrogen-bond acceptors (Lipinski definition) is 4. The highest BCUT2D eigenvalue weighted by molar-refractivity contribution is 5.85. The van der Waals surface area contributed by atoms with Gasteiger partial charge in [-0.3, -0.25) is 4.79 Å². The summed E-state index contributed by atoms with van der Waals surface area (Å²) in [6.45, 7) is 0. The van der Waals surface area contributed by atoms with E-state index in [1.54, 1.807) is 0 Å². The minimum absolute atomic E-state index is 0. The van der Waals surface area contributed by atoms with Gasteiger partial charge in [-0.1, -0.05) is 0 Å². The number of nitrogens with two attached hydrogens (primary N) is 2. The summed E-state index contributed by atoms with van der Waals surface area (Å²) in [7, 11) is 0. The van der Waals surface area contributed by atoms with E-state index in [1.165, 1.54) is 6.20 Å². The van der Waals surface area contributed by atoms with Crippen LogP contribution in [0.4, 0.5) is 5.95 Å². The number of nitrogens with one attached hydrogen (secondary N) is 1. The van der Waals surface area contributed by atoms with Crippen LogP contribution < -0.4 is 11.5 Å². The first-order chi connectivity index (χ1) is 5.59. The zero-order chi connectivity index (χ0) is 9.14. The highest BCUT2D eigenvalue weighted by Gasteiger charge is 2.12. The molecule has 0 aliphatic heterocycles. The third-order valence-electron chi connectivity index (χ3n) is 1.41. The molecule has 8 heteroatoms. The summed E-state index contributed by atoms with van der Waals surface area (Å²) in [6.07, 6.45) is 1.68. The lowest BCUT2D eigenvalue weighted by molar-refractivity contribution is -0.138. The number of aromatic nitrogens is 2. The van der Waals surface area contributed by atoms with E-state index < -0.39 is 12.0 Å². The van der Waals surface area contributed by atoms with E-state index in [2.05, 4.69) is 9.97 Å². The van der Waals surface area contributed by atoms with Gasteiger partial charge in [-0.25, -0.2) is 4.98 Å². The quantitative estimate of drug-likeness (QED) is 0.585. The van der Waals surface area contributed by atoms with Gasteiger partial charge in [0.25, 0.3) is 0 Å². The van der Waals surface area contributed by atoms with E-state index in [0.29, 0.717) is 5.69 Å². The molecule has 0 spiro atoms. The van der Waals surface area contributed by atoms with Gasteiger partial charge in [0.1, 0.15) is 6.04 Å². The van der Waals surface area contributed by atoms with E-state index in [9.17, 15) is 4.79 Å². The van der Waals surface area contributed by atoms with Gasteiger partial charge in [0.15, 0.2) is 5.95 Å². The lowest BCUT2D eigenvalue weighted by Gasteiger charge is -2.02. The van der Waals surface area contributed by atoms with Gasteiger partial charge >= 0.3 is 5.97 Å². The Balaban J connectivity index is 0. The molecule has 0 aromatic carbocycles. The summed E-state index contributed by atoms with van der Waals surface area (Å²) in [5.41, 5.74) is 11.2. The summed E-state index contributed by atoms with van der Waals surface area (Å²) < 4.78 is 0. The normalized spacial score (nSPS) is 10.9. The fourth-order valence-electron chi connectivity index (χ4n) is 0.804. The van der Waals surface area contributed by atoms with Crippen molar-refractivity contribution in [3.63, 3.8) is 0 Å². The smallest absolute Gasteiger partial charge is 0.320 e. The van der Waals surface area contributed by atoms with Crippen molar-refractivity contribution in [3.05, 3.63) is 11.9 Å². The lowest BCUT2D eigenvalue weighted by atomic mass is 10.2. The average Bonchev–Trinajstić information content (AvgIpc) is 2.35. The van der Waals surface area contributed by atoms with Gasteiger partial charge in [-0.15, -0.1) is 24.8 Å². The molecule has 1 unspecified atom stereocenters. The van der Waals surface area contributed by atoms with Crippen molar-refractivity contribution in [1.29, 1.82) is 0 Å². The molecule has 1 heterocycles. The van der Waals surface area contributed by atoms with Crippen molar-refractivity contribution in [2.75, 3.05) is 5.73 Å². The Bertz CT molecular complexity index is 291. The third-order valence-corrected chi connectivity index (χ3v) is 1.41. The Morgan fingerprint density at radius 2 is 2.21 bits per heavy atom. The molecule has 6 N–H and O–H groups in total. The second-order valence-corrected chi connectivity index (χ2v) is 2.44. The number of anilines is 1. The van der Waals surface area contributed by atoms with E-state index >= 15 is 0 Å². The van der Waals surface area contributed by atoms with Gasteiger partial charge in [-0.05, 0) is 0 Å². The van der Waals surface area contributed by atoms with Crippen LogP contribution in [0.2, 0.25) is 0 Å². The molecular formula is C6H12Cl2N4O2. The SMILES string of the molecule is Cl.Cl.Nc1ncc(CC(N)C(=O)O)[nH]1. The number of halogens is 2. The molecule has 1 aromatic heterocycles. The molecule has 82 valence electrons. The number of rotatable bonds is 3. The fraction of sp³-hybridized carbons (Fsp3) is 0.333. The number of carboxylic acid groups (broad SMARTS) is 1. The first-order valence-corrected chi connectivity index (χ1v) is 3.37. The van der Waals surface area contributed by atoms with Gasteiger partial charge in [0, 0.05) is 12.1 Å². The van der Waals surface area contributed by atoms with Crippen LogP contribution in [0.1, 0.15) is 5.69 Å². The van der Waals surface area contributed by atoms with Crippen molar-refractivity contribution in [3.8, 4) is 0 Å². The lowest BCUT2D eigenvalue weighted by Crippen LogP contribution is -2.32. The molecular weight excluding hydrogens is 231 g/mol. The maximum atomic E-state index is 10.3. The highest BCUT2D eigenvalue weighted by atomic mass is 35.5. The molecule has 0 aliphatic carbocycles. The van der Waals surface area contributed by atoms with E-state index in [1.807, 2.05) is 0 Å². The van der Waals surface area contributed by atoms with Gasteiger partial charge in [0.2, 0.25) is 0 Å². The largest absolute Gasteiger partial charge is 0.480 e. The maximum Gasteiger partial charge on any atom is 0.320 e. The van der Waals surface area contributed by atoms with E-state index in [4.69, 9.17) is 16.6 Å². The van der Waals surface area contributed by atoms with Crippen LogP contribution >= 0.6 is 24.8 Å². The standard InChI is InChI=1S/C6H10N4O2.2ClH/c7-4(5(11)12)1-3-2-9-6(8)10-3;;/h2,4H,1,7H2,(H,11,12)(H3,8,9,10);2*1H. The van der Waals surface area contributed by atoms with Crippen LogP contribution in [0.5, 0.6) is 0 Å². The zero-order valence-corrected chi connectivity index (χ0v) is 8.77. The number of H-pyrrole nitrogens is 1. The summed E-state index contributed by atoms with van der Waals surface area (Å²) in [6, 6.07) is -0.912. The van der Waals surface area contributed by atoms with Crippen molar-refractivity contribution in [2.24, 2.45) is 5.73 Å². The topological polar surface area (TPSA) is 118 Å². The van der Waals surface area contributed by atoms with Crippen LogP contribution in [0.25, 0.3) is 0 Å². The molecule has 6 nitrogen and oxygen atoms in total. The number of hydrogen-bond donors (Lipinski definition) is 4. The van der Waals surface area contributed by atoms with Crippen LogP contribution in [-0.2, 0) is 11.2 Å². The summed E-state index contributed by atoms with van der Waals surface area (Å²) in [5, 5.41) is 8.46. The molecule has 0 saturated heterocycles. The number of aliphatic carboxylic acids is 1. The Morgan fingerprint density at radius 3 is 2.57 bits per heavy atom. The molecule has 1 rings (SSSR count). The molecule has 0 fully saturated rings. The first kappa shape index (κ1) is 15.5. The van der Waals surface area contributed by atoms with Gasteiger partial charge < -0.3 is 21.6 Å². The van der Waals surface area contributed by atoms with Crippen LogP contribution in [0, 0.1) is 0 Å². The molecule has 0 aliphatic rings. The van der Waals surface area contributed by atoms with Crippen molar-refractivity contribution < 1.29 is 9.90 Å². The van der Waals surface area contributed by atoms with Crippen LogP contribution in [0.3, 0.4) is 0 Å². The minimum Gasteiger partial charge on any atom is -0.480 e. The zero-order valence-electron chi connectivity index (χ0n) is 7.14. The van der Waals surface area contributed by atoms with Crippen molar-refractivity contribution in [1.82, 2.24) is 9.97 Å². The molecule has 0 saturated carbocycles. The third kappa shape index (κ3) is 4.31. The predicted molar refractivity (Wildman–Crippen MR) is 56.8 cm³/mol. The highest BCUT2D eigenvalue weighted by Crippen LogP contribution is 2.00. The Kier molecular flexibility index (Phi) is 7.16. The number of carbonyl (C=O) groups is 1. The predicted octanol–water partition coefficient (Wildman–Crippen LogP) is -0.210. The monoisotopic (exact) mass is 242 g/mol. The molecule has 1 aromatic rings. The van der Waals surface area contributed by atoms with Crippen LogP contribution in [-0.4, -0.2) is 27.1 Å². The first-order valence-electron chi connectivity index (χ1n) is 3.37. The molecule has 0 amide bonds. The molecule has 0 bridgehead atoms. The maximum absolute atomic E-state index is 10.3. The van der Waals surface area contributed by atoms with Gasteiger partial charge in [0.05, 0.1) is 6.20 Å². The molecule has 0 radical (unpaired) electrons. The number of aromatic amines is 1. The fourth-order valence-corrected chi connectivity index (χ4v) is 0.804. The number of nitrogen functional groups attached to an aromatic ring is 1. The van der Waals surface area contributed by atoms with Crippen LogP contribution in [0.15, 0.2) is 6.20 Å². The summed E-state index contributed by atoms with van der Waals surface area (Å²) >= 11 is 0. The Morgan fingerprint density at radius 1 is 1.64 bits per heavy atom. The summed E-state index contributed by atoms with van der Waals surface area (Å²) in [5.74, 6) is -0.772. The number of nitrogens with zero attached hydrogens (tertiary/aromatic N) is 1. The summed E-state index contributed by atoms with van der Waals surface area (Å²) in [4.78, 5) is 16.7. The number of carboxylic acids is 1. The van der Waals surface area contributed by atoms with Crippen molar-refractivity contribution in [2.45, 2.75) is 12.5 Å². The molecule has 1 atom stereocenters. The Labute approximate surface area is 92.9 Å². The minimum atomic E-state index is -1.04.